The van der Waals surface area contributed by atoms with Gasteiger partial charge in [-0.05, 0) is 34.8 Å². The highest BCUT2D eigenvalue weighted by Gasteiger charge is 2.35. The molecule has 0 bridgehead atoms. The monoisotopic (exact) mass is 325 g/mol. The molecule has 2 heterocycles. The van der Waals surface area contributed by atoms with Crippen molar-refractivity contribution in [2.75, 3.05) is 26.2 Å². The van der Waals surface area contributed by atoms with Gasteiger partial charge in [0.1, 0.15) is 5.69 Å². The second kappa shape index (κ2) is 5.00. The van der Waals surface area contributed by atoms with Crippen molar-refractivity contribution in [1.82, 2.24) is 14.8 Å². The first-order chi connectivity index (χ1) is 9.15. The van der Waals surface area contributed by atoms with Crippen molar-refractivity contribution >= 4 is 27.7 Å². The maximum absolute atomic E-state index is 12.2. The van der Waals surface area contributed by atoms with Gasteiger partial charge in [-0.1, -0.05) is 0 Å². The van der Waals surface area contributed by atoms with E-state index in [0.29, 0.717) is 31.9 Å². The summed E-state index contributed by atoms with van der Waals surface area (Å²) in [6.07, 6.45) is 3.82. The van der Waals surface area contributed by atoms with Crippen LogP contribution in [0.25, 0.3) is 0 Å². The van der Waals surface area contributed by atoms with E-state index in [0.717, 1.165) is 17.3 Å². The van der Waals surface area contributed by atoms with Gasteiger partial charge in [-0.3, -0.25) is 9.59 Å². The zero-order valence-corrected chi connectivity index (χ0v) is 12.1. The standard InChI is InChI=1S/C13H16BrN3O2/c14-10-7-11(15-8-10)13(19)17-5-3-16(4-6-17)12(18)9-1-2-9/h7-9,15H,1-6H2. The quantitative estimate of drug-likeness (QED) is 0.895. The van der Waals surface area contributed by atoms with Crippen LogP contribution in [0.1, 0.15) is 23.3 Å². The summed E-state index contributed by atoms with van der Waals surface area (Å²) in [4.78, 5) is 30.8. The Morgan fingerprint density at radius 1 is 1.16 bits per heavy atom. The zero-order chi connectivity index (χ0) is 13.4. The third-order valence-corrected chi connectivity index (χ3v) is 4.14. The highest BCUT2D eigenvalue weighted by molar-refractivity contribution is 9.10. The Morgan fingerprint density at radius 3 is 2.32 bits per heavy atom. The van der Waals surface area contributed by atoms with Gasteiger partial charge >= 0.3 is 0 Å². The fourth-order valence-electron chi connectivity index (χ4n) is 2.38. The van der Waals surface area contributed by atoms with E-state index in [4.69, 9.17) is 0 Å². The van der Waals surface area contributed by atoms with Crippen LogP contribution in [0.3, 0.4) is 0 Å². The van der Waals surface area contributed by atoms with E-state index in [1.807, 2.05) is 4.90 Å². The molecule has 6 heteroatoms. The van der Waals surface area contributed by atoms with E-state index in [1.165, 1.54) is 0 Å². The lowest BCUT2D eigenvalue weighted by Gasteiger charge is -2.34. The van der Waals surface area contributed by atoms with Crippen LogP contribution >= 0.6 is 15.9 Å². The lowest BCUT2D eigenvalue weighted by atomic mass is 10.2. The van der Waals surface area contributed by atoms with Crippen molar-refractivity contribution in [1.29, 1.82) is 0 Å². The summed E-state index contributed by atoms with van der Waals surface area (Å²) in [5.74, 6) is 0.542. The molecule has 5 nitrogen and oxygen atoms in total. The number of rotatable bonds is 2. The van der Waals surface area contributed by atoms with Gasteiger partial charge in [0.05, 0.1) is 0 Å². The summed E-state index contributed by atoms with van der Waals surface area (Å²) in [6, 6.07) is 1.78. The summed E-state index contributed by atoms with van der Waals surface area (Å²) in [5.41, 5.74) is 0.592. The van der Waals surface area contributed by atoms with Crippen LogP contribution in [-0.2, 0) is 4.79 Å². The molecule has 1 aliphatic heterocycles. The fraction of sp³-hybridized carbons (Fsp3) is 0.538. The first-order valence-electron chi connectivity index (χ1n) is 6.57. The molecule has 1 saturated carbocycles. The molecular weight excluding hydrogens is 310 g/mol. The van der Waals surface area contributed by atoms with Crippen molar-refractivity contribution in [2.45, 2.75) is 12.8 Å². The number of carbonyl (C=O) groups excluding carboxylic acids is 2. The molecule has 0 aromatic carbocycles. The number of halogens is 1. The van der Waals surface area contributed by atoms with Crippen molar-refractivity contribution in [2.24, 2.45) is 5.92 Å². The van der Waals surface area contributed by atoms with E-state index in [-0.39, 0.29) is 17.7 Å². The van der Waals surface area contributed by atoms with Gasteiger partial charge in [-0.15, -0.1) is 0 Å². The molecular formula is C13H16BrN3O2. The number of nitrogens with one attached hydrogen (secondary N) is 1. The molecule has 3 rings (SSSR count). The number of piperazine rings is 1. The third-order valence-electron chi connectivity index (χ3n) is 3.68. The van der Waals surface area contributed by atoms with Crippen LogP contribution in [0.2, 0.25) is 0 Å². The van der Waals surface area contributed by atoms with Gasteiger partial charge < -0.3 is 14.8 Å². The summed E-state index contributed by atoms with van der Waals surface area (Å²) in [5, 5.41) is 0. The molecule has 1 N–H and O–H groups in total. The first-order valence-corrected chi connectivity index (χ1v) is 7.36. The number of amides is 2. The second-order valence-electron chi connectivity index (χ2n) is 5.12. The fourth-order valence-corrected chi connectivity index (χ4v) is 2.72. The van der Waals surface area contributed by atoms with Crippen LogP contribution in [-0.4, -0.2) is 52.8 Å². The number of H-pyrrole nitrogens is 1. The highest BCUT2D eigenvalue weighted by atomic mass is 79.9. The predicted molar refractivity (Wildman–Crippen MR) is 73.7 cm³/mol. The predicted octanol–water partition coefficient (Wildman–Crippen LogP) is 1.47. The molecule has 0 atom stereocenters. The van der Waals surface area contributed by atoms with Gasteiger partial charge in [0.2, 0.25) is 5.91 Å². The Kier molecular flexibility index (Phi) is 3.35. The van der Waals surface area contributed by atoms with Gasteiger partial charge in [0.15, 0.2) is 0 Å². The Balaban J connectivity index is 1.57. The van der Waals surface area contributed by atoms with E-state index in [2.05, 4.69) is 20.9 Å². The van der Waals surface area contributed by atoms with E-state index < -0.39 is 0 Å². The Labute approximate surface area is 120 Å². The Morgan fingerprint density at radius 2 is 1.79 bits per heavy atom. The molecule has 0 unspecified atom stereocenters. The summed E-state index contributed by atoms with van der Waals surface area (Å²) >= 11 is 3.32. The Bertz CT molecular complexity index is 502. The zero-order valence-electron chi connectivity index (χ0n) is 10.6. The van der Waals surface area contributed by atoms with Gasteiger partial charge in [-0.25, -0.2) is 0 Å². The summed E-state index contributed by atoms with van der Waals surface area (Å²) in [6.45, 7) is 2.55. The lowest BCUT2D eigenvalue weighted by molar-refractivity contribution is -0.134. The maximum atomic E-state index is 12.2. The van der Waals surface area contributed by atoms with Crippen molar-refractivity contribution in [3.63, 3.8) is 0 Å². The number of hydrogen-bond acceptors (Lipinski definition) is 2. The molecule has 1 aliphatic carbocycles. The SMILES string of the molecule is O=C(c1cc(Br)c[nH]1)N1CCN(C(=O)C2CC2)CC1. The molecule has 2 amide bonds. The molecule has 1 saturated heterocycles. The normalized spacial score (nSPS) is 19.6. The van der Waals surface area contributed by atoms with Crippen LogP contribution in [0.5, 0.6) is 0 Å². The van der Waals surface area contributed by atoms with Gasteiger partial charge in [0.25, 0.3) is 5.91 Å². The van der Waals surface area contributed by atoms with Crippen molar-refractivity contribution in [3.05, 3.63) is 22.4 Å². The average molecular weight is 326 g/mol. The molecule has 19 heavy (non-hydrogen) atoms. The number of aromatic nitrogens is 1. The molecule has 102 valence electrons. The van der Waals surface area contributed by atoms with E-state index in [1.54, 1.807) is 17.2 Å². The third kappa shape index (κ3) is 2.68. The maximum Gasteiger partial charge on any atom is 0.270 e. The minimum Gasteiger partial charge on any atom is -0.356 e. The van der Waals surface area contributed by atoms with Crippen molar-refractivity contribution < 1.29 is 9.59 Å². The largest absolute Gasteiger partial charge is 0.356 e. The van der Waals surface area contributed by atoms with Crippen molar-refractivity contribution in [3.8, 4) is 0 Å². The second-order valence-corrected chi connectivity index (χ2v) is 6.04. The summed E-state index contributed by atoms with van der Waals surface area (Å²) < 4.78 is 0.874. The average Bonchev–Trinajstić information content (AvgIpc) is 3.19. The smallest absolute Gasteiger partial charge is 0.270 e. The van der Waals surface area contributed by atoms with Crippen LogP contribution in [0.15, 0.2) is 16.7 Å². The minimum atomic E-state index is 0.00391. The van der Waals surface area contributed by atoms with Gasteiger partial charge in [-0.2, -0.15) is 0 Å². The number of carbonyl (C=O) groups is 2. The lowest BCUT2D eigenvalue weighted by Crippen LogP contribution is -2.51. The number of hydrogen-bond donors (Lipinski definition) is 1. The number of aromatic amines is 1. The molecule has 0 spiro atoms. The van der Waals surface area contributed by atoms with Crippen LogP contribution in [0.4, 0.5) is 0 Å². The van der Waals surface area contributed by atoms with E-state index >= 15 is 0 Å². The molecule has 1 aromatic heterocycles. The first kappa shape index (κ1) is 12.7. The molecule has 1 aromatic rings. The summed E-state index contributed by atoms with van der Waals surface area (Å²) in [7, 11) is 0. The Hall–Kier alpha value is -1.30. The van der Waals surface area contributed by atoms with E-state index in [9.17, 15) is 9.59 Å². The van der Waals surface area contributed by atoms with Crippen LogP contribution < -0.4 is 0 Å². The molecule has 2 aliphatic rings. The topological polar surface area (TPSA) is 56.4 Å². The van der Waals surface area contributed by atoms with Gasteiger partial charge in [0, 0.05) is 42.8 Å². The molecule has 2 fully saturated rings. The number of nitrogens with zero attached hydrogens (tertiary/aromatic N) is 2. The van der Waals surface area contributed by atoms with Crippen LogP contribution in [0, 0.1) is 5.92 Å². The minimum absolute atomic E-state index is 0.00391. The highest BCUT2D eigenvalue weighted by Crippen LogP contribution is 2.31. The molecule has 0 radical (unpaired) electrons.